The van der Waals surface area contributed by atoms with Gasteiger partial charge >= 0.3 is 5.69 Å². The molecule has 0 bridgehead atoms. The molecule has 0 radical (unpaired) electrons. The van der Waals surface area contributed by atoms with Crippen molar-refractivity contribution in [3.63, 3.8) is 0 Å². The Morgan fingerprint density at radius 3 is 2.45 bits per heavy atom. The number of carbonyl (C=O) groups excluding carboxylic acids is 2. The monoisotopic (exact) mass is 287 g/mol. The van der Waals surface area contributed by atoms with Crippen molar-refractivity contribution in [2.24, 2.45) is 0 Å². The topological polar surface area (TPSA) is 92.6 Å². The number of amides is 2. The Balaban J connectivity index is 3.01. The van der Waals surface area contributed by atoms with Crippen LogP contribution in [0.2, 0.25) is 0 Å². The lowest BCUT2D eigenvalue weighted by atomic mass is 10.1. The van der Waals surface area contributed by atoms with E-state index in [4.69, 9.17) is 0 Å². The van der Waals surface area contributed by atoms with Crippen molar-refractivity contribution in [3.05, 3.63) is 39.4 Å². The molecule has 0 aliphatic rings. The highest BCUT2D eigenvalue weighted by atomic mass is 19.1. The normalized spacial score (nSPS) is 10.0. The molecule has 20 heavy (non-hydrogen) atoms. The summed E-state index contributed by atoms with van der Waals surface area (Å²) in [7, 11) is 2.87. The summed E-state index contributed by atoms with van der Waals surface area (Å²) in [4.78, 5) is 33.5. The van der Waals surface area contributed by atoms with Crippen LogP contribution in [0.4, 0.5) is 14.5 Å². The number of hydrogen-bond donors (Lipinski definition) is 1. The van der Waals surface area contributed by atoms with E-state index >= 15 is 0 Å². The van der Waals surface area contributed by atoms with E-state index in [1.54, 1.807) is 0 Å². The number of nitrogens with zero attached hydrogens (tertiary/aromatic N) is 2. The van der Waals surface area contributed by atoms with Gasteiger partial charge in [0.05, 0.1) is 11.5 Å². The van der Waals surface area contributed by atoms with Crippen molar-refractivity contribution in [2.75, 3.05) is 20.6 Å². The van der Waals surface area contributed by atoms with Crippen molar-refractivity contribution >= 4 is 17.5 Å². The second kappa shape index (κ2) is 6.04. The summed E-state index contributed by atoms with van der Waals surface area (Å²) < 4.78 is 27.1. The maximum absolute atomic E-state index is 13.7. The number of halogens is 2. The minimum absolute atomic E-state index is 0.479. The molecule has 0 fully saturated rings. The van der Waals surface area contributed by atoms with Gasteiger partial charge in [-0.05, 0) is 6.07 Å². The van der Waals surface area contributed by atoms with Crippen LogP contribution in [0.5, 0.6) is 0 Å². The quantitative estimate of drug-likeness (QED) is 0.651. The summed E-state index contributed by atoms with van der Waals surface area (Å²) in [5.41, 5.74) is -2.11. The molecule has 1 aromatic carbocycles. The summed E-state index contributed by atoms with van der Waals surface area (Å²) in [5, 5.41) is 12.5. The molecule has 0 heterocycles. The Labute approximate surface area is 112 Å². The summed E-state index contributed by atoms with van der Waals surface area (Å²) >= 11 is 0. The first-order valence-corrected chi connectivity index (χ1v) is 5.36. The molecule has 0 unspecified atom stereocenters. The number of likely N-dealkylation sites (N-methyl/N-ethyl adjacent to an activating group) is 1. The lowest BCUT2D eigenvalue weighted by molar-refractivity contribution is -0.387. The minimum Gasteiger partial charge on any atom is -0.347 e. The molecule has 0 saturated heterocycles. The Bertz CT molecular complexity index is 575. The largest absolute Gasteiger partial charge is 0.347 e. The molecule has 0 aliphatic carbocycles. The van der Waals surface area contributed by atoms with Gasteiger partial charge in [0.1, 0.15) is 11.4 Å². The summed E-state index contributed by atoms with van der Waals surface area (Å²) in [5.74, 6) is -4.56. The molecule has 2 amide bonds. The van der Waals surface area contributed by atoms with E-state index in [2.05, 4.69) is 0 Å². The zero-order valence-corrected chi connectivity index (χ0v) is 10.6. The van der Waals surface area contributed by atoms with E-state index < -0.39 is 46.2 Å². The number of carbonyl (C=O) groups is 2. The molecule has 0 aliphatic heterocycles. The third-order valence-electron chi connectivity index (χ3n) is 2.39. The third-order valence-corrected chi connectivity index (χ3v) is 2.39. The Hall–Kier alpha value is -2.58. The van der Waals surface area contributed by atoms with Crippen molar-refractivity contribution in [1.82, 2.24) is 10.2 Å². The highest BCUT2D eigenvalue weighted by molar-refractivity contribution is 5.97. The van der Waals surface area contributed by atoms with E-state index in [1.165, 1.54) is 19.0 Å². The number of benzene rings is 1. The van der Waals surface area contributed by atoms with Gasteiger partial charge in [-0.1, -0.05) is 0 Å². The highest BCUT2D eigenvalue weighted by Gasteiger charge is 2.26. The lowest BCUT2D eigenvalue weighted by Crippen LogP contribution is -2.36. The maximum atomic E-state index is 13.7. The molecule has 0 spiro atoms. The van der Waals surface area contributed by atoms with Gasteiger partial charge in [0, 0.05) is 20.2 Å². The van der Waals surface area contributed by atoms with E-state index in [9.17, 15) is 28.5 Å². The van der Waals surface area contributed by atoms with E-state index in [0.717, 1.165) is 0 Å². The fourth-order valence-electron chi connectivity index (χ4n) is 1.29. The second-order valence-electron chi connectivity index (χ2n) is 3.98. The molecule has 0 atom stereocenters. The van der Waals surface area contributed by atoms with Crippen LogP contribution in [-0.4, -0.2) is 42.3 Å². The highest BCUT2D eigenvalue weighted by Crippen LogP contribution is 2.22. The van der Waals surface area contributed by atoms with Crippen LogP contribution < -0.4 is 5.32 Å². The van der Waals surface area contributed by atoms with Gasteiger partial charge in [-0.15, -0.1) is 0 Å². The zero-order chi connectivity index (χ0) is 15.4. The van der Waals surface area contributed by atoms with Crippen LogP contribution in [0.15, 0.2) is 12.1 Å². The molecule has 108 valence electrons. The predicted molar refractivity (Wildman–Crippen MR) is 64.0 cm³/mol. The van der Waals surface area contributed by atoms with Gasteiger partial charge in [-0.25, -0.2) is 4.39 Å². The standard InChI is InChI=1S/C11H11F2N3O4/c1-15(2)8(17)5-14-11(18)9-6(12)3-4-7(10(9)13)16(19)20/h3-4H,5H2,1-2H3,(H,14,18). The van der Waals surface area contributed by atoms with Crippen molar-refractivity contribution < 1.29 is 23.3 Å². The van der Waals surface area contributed by atoms with E-state index in [1.807, 2.05) is 5.32 Å². The molecule has 7 nitrogen and oxygen atoms in total. The number of rotatable bonds is 4. The predicted octanol–water partition coefficient (Wildman–Crippen LogP) is 0.691. The van der Waals surface area contributed by atoms with Crippen molar-refractivity contribution in [1.29, 1.82) is 0 Å². The first-order valence-electron chi connectivity index (χ1n) is 5.36. The summed E-state index contributed by atoms with van der Waals surface area (Å²) in [6.45, 7) is -0.479. The molecule has 1 aromatic rings. The number of nitrogens with one attached hydrogen (secondary N) is 1. The van der Waals surface area contributed by atoms with Crippen LogP contribution in [-0.2, 0) is 4.79 Å². The van der Waals surface area contributed by atoms with Gasteiger partial charge in [-0.2, -0.15) is 4.39 Å². The zero-order valence-electron chi connectivity index (χ0n) is 10.6. The maximum Gasteiger partial charge on any atom is 0.305 e. The van der Waals surface area contributed by atoms with Crippen molar-refractivity contribution in [3.8, 4) is 0 Å². The molecular formula is C11H11F2N3O4. The van der Waals surface area contributed by atoms with Crippen LogP contribution in [0.3, 0.4) is 0 Å². The molecule has 0 saturated carbocycles. The fourth-order valence-corrected chi connectivity index (χ4v) is 1.29. The van der Waals surface area contributed by atoms with Gasteiger partial charge in [0.15, 0.2) is 0 Å². The molecule has 1 N–H and O–H groups in total. The summed E-state index contributed by atoms with van der Waals surface area (Å²) in [6.07, 6.45) is 0. The van der Waals surface area contributed by atoms with Gasteiger partial charge in [0.2, 0.25) is 11.7 Å². The van der Waals surface area contributed by atoms with Gasteiger partial charge in [0.25, 0.3) is 5.91 Å². The number of hydrogen-bond acceptors (Lipinski definition) is 4. The lowest BCUT2D eigenvalue weighted by Gasteiger charge is -2.11. The van der Waals surface area contributed by atoms with Crippen LogP contribution >= 0.6 is 0 Å². The third kappa shape index (κ3) is 3.25. The average Bonchev–Trinajstić information content (AvgIpc) is 2.35. The Kier molecular flexibility index (Phi) is 4.68. The number of nitro groups is 1. The van der Waals surface area contributed by atoms with Crippen LogP contribution in [0.25, 0.3) is 0 Å². The molecule has 9 heteroatoms. The Morgan fingerprint density at radius 1 is 1.35 bits per heavy atom. The average molecular weight is 287 g/mol. The first-order chi connectivity index (χ1) is 9.25. The van der Waals surface area contributed by atoms with E-state index in [-0.39, 0.29) is 0 Å². The van der Waals surface area contributed by atoms with Gasteiger partial charge < -0.3 is 10.2 Å². The van der Waals surface area contributed by atoms with Gasteiger partial charge in [-0.3, -0.25) is 19.7 Å². The Morgan fingerprint density at radius 2 is 1.95 bits per heavy atom. The molecular weight excluding hydrogens is 276 g/mol. The van der Waals surface area contributed by atoms with E-state index in [0.29, 0.717) is 12.1 Å². The SMILES string of the molecule is CN(C)C(=O)CNC(=O)c1c(F)ccc([N+](=O)[O-])c1F. The van der Waals surface area contributed by atoms with Crippen LogP contribution in [0.1, 0.15) is 10.4 Å². The molecule has 1 rings (SSSR count). The minimum atomic E-state index is -1.58. The second-order valence-corrected chi connectivity index (χ2v) is 3.98. The number of nitro benzene ring substituents is 1. The first kappa shape index (κ1) is 15.5. The fraction of sp³-hybridized carbons (Fsp3) is 0.273. The summed E-state index contributed by atoms with van der Waals surface area (Å²) in [6, 6.07) is 1.23. The smallest absolute Gasteiger partial charge is 0.305 e. The molecule has 0 aromatic heterocycles. The van der Waals surface area contributed by atoms with Crippen molar-refractivity contribution in [2.45, 2.75) is 0 Å². The van der Waals surface area contributed by atoms with Crippen LogP contribution in [0, 0.1) is 21.7 Å².